The van der Waals surface area contributed by atoms with E-state index in [1.54, 1.807) is 25.3 Å². The van der Waals surface area contributed by atoms with E-state index in [1.165, 1.54) is 0 Å². The summed E-state index contributed by atoms with van der Waals surface area (Å²) in [5, 5.41) is 19.3. The van der Waals surface area contributed by atoms with Crippen molar-refractivity contribution in [3.8, 4) is 0 Å². The summed E-state index contributed by atoms with van der Waals surface area (Å²) in [4.78, 5) is 0. The van der Waals surface area contributed by atoms with Gasteiger partial charge in [0, 0.05) is 6.42 Å². The molecule has 2 unspecified atom stereocenters. The minimum absolute atomic E-state index is 0.355. The van der Waals surface area contributed by atoms with Crippen LogP contribution in [-0.2, 0) is 6.42 Å². The van der Waals surface area contributed by atoms with Crippen molar-refractivity contribution in [2.75, 3.05) is 0 Å². The van der Waals surface area contributed by atoms with Crippen molar-refractivity contribution in [1.82, 2.24) is 0 Å². The van der Waals surface area contributed by atoms with Crippen LogP contribution < -0.4 is 0 Å². The molecule has 0 spiro atoms. The largest absolute Gasteiger partial charge is 0.469 e. The molecule has 13 heavy (non-hydrogen) atoms. The second kappa shape index (κ2) is 3.94. The van der Waals surface area contributed by atoms with Crippen LogP contribution in [0.2, 0.25) is 0 Å². The van der Waals surface area contributed by atoms with Gasteiger partial charge in [-0.3, -0.25) is 0 Å². The molecule has 2 N–H and O–H groups in total. The molecule has 0 radical (unpaired) electrons. The number of aliphatic hydroxyl groups excluding tert-OH is 1. The quantitative estimate of drug-likeness (QED) is 0.742. The molecule has 74 valence electrons. The molecule has 0 bridgehead atoms. The van der Waals surface area contributed by atoms with Crippen molar-refractivity contribution in [2.45, 2.75) is 38.4 Å². The van der Waals surface area contributed by atoms with Crippen molar-refractivity contribution < 1.29 is 14.6 Å². The first-order valence-corrected chi connectivity index (χ1v) is 4.49. The Kier molecular flexibility index (Phi) is 3.12. The molecule has 0 saturated heterocycles. The van der Waals surface area contributed by atoms with Gasteiger partial charge in [0.2, 0.25) is 0 Å². The Morgan fingerprint density at radius 1 is 1.62 bits per heavy atom. The van der Waals surface area contributed by atoms with Crippen molar-refractivity contribution >= 4 is 0 Å². The Hall–Kier alpha value is -0.800. The number of hydrogen-bond acceptors (Lipinski definition) is 3. The highest BCUT2D eigenvalue weighted by Crippen LogP contribution is 2.18. The van der Waals surface area contributed by atoms with Gasteiger partial charge in [-0.1, -0.05) is 6.92 Å². The molecule has 3 nitrogen and oxygen atoms in total. The van der Waals surface area contributed by atoms with E-state index in [2.05, 4.69) is 0 Å². The Morgan fingerprint density at radius 2 is 2.31 bits per heavy atom. The highest BCUT2D eigenvalue weighted by Gasteiger charge is 2.28. The molecule has 0 saturated carbocycles. The fourth-order valence-electron chi connectivity index (χ4n) is 1.07. The maximum Gasteiger partial charge on any atom is 0.106 e. The van der Waals surface area contributed by atoms with Gasteiger partial charge in [0.25, 0.3) is 0 Å². The predicted octanol–water partition coefficient (Wildman–Crippen LogP) is 1.34. The van der Waals surface area contributed by atoms with Crippen molar-refractivity contribution in [3.63, 3.8) is 0 Å². The lowest BCUT2D eigenvalue weighted by Crippen LogP contribution is -2.39. The molecule has 0 aliphatic rings. The normalized spacial score (nSPS) is 18.2. The van der Waals surface area contributed by atoms with Crippen LogP contribution in [0.25, 0.3) is 0 Å². The SMILES string of the molecule is CCC(C)(O)C(O)Cc1ccco1. The van der Waals surface area contributed by atoms with Gasteiger partial charge in [-0.2, -0.15) is 0 Å². The third-order valence-electron chi connectivity index (χ3n) is 2.41. The Morgan fingerprint density at radius 3 is 2.77 bits per heavy atom. The lowest BCUT2D eigenvalue weighted by Gasteiger charge is -2.26. The summed E-state index contributed by atoms with van der Waals surface area (Å²) in [5.41, 5.74) is -1.03. The molecular formula is C10H16O3. The number of aliphatic hydroxyl groups is 2. The third-order valence-corrected chi connectivity index (χ3v) is 2.41. The summed E-state index contributed by atoms with van der Waals surface area (Å²) in [7, 11) is 0. The molecular weight excluding hydrogens is 168 g/mol. The van der Waals surface area contributed by atoms with Crippen LogP contribution in [0.1, 0.15) is 26.0 Å². The molecule has 2 atom stereocenters. The smallest absolute Gasteiger partial charge is 0.106 e. The van der Waals surface area contributed by atoms with E-state index in [0.29, 0.717) is 18.6 Å². The fourth-order valence-corrected chi connectivity index (χ4v) is 1.07. The highest BCUT2D eigenvalue weighted by molar-refractivity contribution is 5.01. The van der Waals surface area contributed by atoms with Crippen LogP contribution in [0.15, 0.2) is 22.8 Å². The first-order valence-electron chi connectivity index (χ1n) is 4.49. The fraction of sp³-hybridized carbons (Fsp3) is 0.600. The summed E-state index contributed by atoms with van der Waals surface area (Å²) in [6, 6.07) is 3.55. The van der Waals surface area contributed by atoms with Gasteiger partial charge < -0.3 is 14.6 Å². The Balaban J connectivity index is 2.55. The number of rotatable bonds is 4. The molecule has 1 aromatic heterocycles. The van der Waals surface area contributed by atoms with Gasteiger partial charge in [0.15, 0.2) is 0 Å². The van der Waals surface area contributed by atoms with Gasteiger partial charge >= 0.3 is 0 Å². The van der Waals surface area contributed by atoms with E-state index in [1.807, 2.05) is 6.92 Å². The molecule has 0 fully saturated rings. The van der Waals surface area contributed by atoms with Gasteiger partial charge in [-0.15, -0.1) is 0 Å². The number of furan rings is 1. The molecule has 1 heterocycles. The van der Waals surface area contributed by atoms with Crippen molar-refractivity contribution in [1.29, 1.82) is 0 Å². The van der Waals surface area contributed by atoms with Crippen LogP contribution in [0.4, 0.5) is 0 Å². The van der Waals surface area contributed by atoms with Crippen molar-refractivity contribution in [2.24, 2.45) is 0 Å². The average molecular weight is 184 g/mol. The first kappa shape index (κ1) is 10.3. The zero-order valence-corrected chi connectivity index (χ0v) is 8.03. The maximum atomic E-state index is 9.70. The monoisotopic (exact) mass is 184 g/mol. The summed E-state index contributed by atoms with van der Waals surface area (Å²) < 4.78 is 5.07. The van der Waals surface area contributed by atoms with Gasteiger partial charge in [0.05, 0.1) is 18.0 Å². The summed E-state index contributed by atoms with van der Waals surface area (Å²) in [6.07, 6.45) is 1.66. The first-order chi connectivity index (χ1) is 6.06. The third kappa shape index (κ3) is 2.57. The van der Waals surface area contributed by atoms with Crippen LogP contribution in [-0.4, -0.2) is 21.9 Å². The topological polar surface area (TPSA) is 53.6 Å². The minimum atomic E-state index is -1.03. The predicted molar refractivity (Wildman–Crippen MR) is 49.3 cm³/mol. The van der Waals surface area contributed by atoms with E-state index in [4.69, 9.17) is 4.42 Å². The molecule has 0 aliphatic heterocycles. The lowest BCUT2D eigenvalue weighted by molar-refractivity contribution is -0.0647. The second-order valence-electron chi connectivity index (χ2n) is 3.51. The molecule has 1 rings (SSSR count). The maximum absolute atomic E-state index is 9.70. The zero-order valence-electron chi connectivity index (χ0n) is 8.03. The van der Waals surface area contributed by atoms with E-state index in [0.717, 1.165) is 0 Å². The molecule has 0 aromatic carbocycles. The molecule has 0 amide bonds. The van der Waals surface area contributed by atoms with Crippen molar-refractivity contribution in [3.05, 3.63) is 24.2 Å². The lowest BCUT2D eigenvalue weighted by atomic mass is 9.93. The summed E-state index contributed by atoms with van der Waals surface area (Å²) in [6.45, 7) is 3.46. The highest BCUT2D eigenvalue weighted by atomic mass is 16.3. The minimum Gasteiger partial charge on any atom is -0.469 e. The summed E-state index contributed by atoms with van der Waals surface area (Å²) >= 11 is 0. The van der Waals surface area contributed by atoms with E-state index in [-0.39, 0.29) is 0 Å². The standard InChI is InChI=1S/C10H16O3/c1-3-10(2,12)9(11)7-8-5-4-6-13-8/h4-6,9,11-12H,3,7H2,1-2H3. The van der Waals surface area contributed by atoms with Crippen LogP contribution in [0, 0.1) is 0 Å². The molecule has 3 heteroatoms. The second-order valence-corrected chi connectivity index (χ2v) is 3.51. The summed E-state index contributed by atoms with van der Waals surface area (Å²) in [5.74, 6) is 0.696. The van der Waals surface area contributed by atoms with E-state index < -0.39 is 11.7 Å². The molecule has 1 aromatic rings. The van der Waals surface area contributed by atoms with Gasteiger partial charge in [-0.25, -0.2) is 0 Å². The van der Waals surface area contributed by atoms with Crippen LogP contribution in [0.5, 0.6) is 0 Å². The van der Waals surface area contributed by atoms with Crippen LogP contribution in [0.3, 0.4) is 0 Å². The van der Waals surface area contributed by atoms with Crippen LogP contribution >= 0.6 is 0 Å². The van der Waals surface area contributed by atoms with E-state index in [9.17, 15) is 10.2 Å². The zero-order chi connectivity index (χ0) is 9.90. The molecule has 0 aliphatic carbocycles. The van der Waals surface area contributed by atoms with E-state index >= 15 is 0 Å². The van der Waals surface area contributed by atoms with Gasteiger partial charge in [-0.05, 0) is 25.5 Å². The Labute approximate surface area is 78.0 Å². The Bertz CT molecular complexity index is 239. The average Bonchev–Trinajstić information content (AvgIpc) is 2.57. The number of hydrogen-bond donors (Lipinski definition) is 2. The van der Waals surface area contributed by atoms with Gasteiger partial charge in [0.1, 0.15) is 5.76 Å².